The lowest BCUT2D eigenvalue weighted by Crippen LogP contribution is -2.31. The van der Waals surface area contributed by atoms with E-state index in [1.54, 1.807) is 7.11 Å². The zero-order chi connectivity index (χ0) is 15.2. The van der Waals surface area contributed by atoms with Gasteiger partial charge in [0.15, 0.2) is 0 Å². The molecule has 2 aromatic carbocycles. The minimum atomic E-state index is -0.564. The van der Waals surface area contributed by atoms with E-state index in [2.05, 4.69) is 36.5 Å². The summed E-state index contributed by atoms with van der Waals surface area (Å²) in [5.74, 6) is 0.761. The molecule has 3 heteroatoms. The van der Waals surface area contributed by atoms with Crippen LogP contribution in [0, 0.1) is 6.92 Å². The van der Waals surface area contributed by atoms with Crippen LogP contribution >= 0.6 is 0 Å². The molecule has 0 saturated heterocycles. The largest absolute Gasteiger partial charge is 0.497 e. The number of aliphatic hydroxyl groups is 1. The van der Waals surface area contributed by atoms with Gasteiger partial charge in [-0.15, -0.1) is 0 Å². The van der Waals surface area contributed by atoms with Crippen molar-refractivity contribution in [1.29, 1.82) is 0 Å². The second kappa shape index (κ2) is 7.25. The number of nitrogens with one attached hydrogen (secondary N) is 1. The number of aryl methyl sites for hydroxylation is 1. The van der Waals surface area contributed by atoms with Crippen molar-refractivity contribution in [3.63, 3.8) is 0 Å². The number of hydrogen-bond donors (Lipinski definition) is 2. The van der Waals surface area contributed by atoms with Gasteiger partial charge in [0.2, 0.25) is 0 Å². The number of hydrogen-bond acceptors (Lipinski definition) is 3. The van der Waals surface area contributed by atoms with Crippen LogP contribution < -0.4 is 10.1 Å². The van der Waals surface area contributed by atoms with Gasteiger partial charge in [-0.05, 0) is 37.1 Å². The SMILES string of the molecule is COc1cccc(C(O)C(C)NCc2ccc(C)cc2)c1. The summed E-state index contributed by atoms with van der Waals surface area (Å²) < 4.78 is 5.19. The van der Waals surface area contributed by atoms with Crippen LogP contribution in [-0.4, -0.2) is 18.3 Å². The number of methoxy groups -OCH3 is 1. The van der Waals surface area contributed by atoms with Crippen LogP contribution in [0.5, 0.6) is 5.75 Å². The monoisotopic (exact) mass is 285 g/mol. The maximum Gasteiger partial charge on any atom is 0.119 e. The van der Waals surface area contributed by atoms with E-state index in [4.69, 9.17) is 4.74 Å². The smallest absolute Gasteiger partial charge is 0.119 e. The average Bonchev–Trinajstić information content (AvgIpc) is 2.53. The molecule has 2 rings (SSSR count). The summed E-state index contributed by atoms with van der Waals surface area (Å²) in [6.07, 6.45) is -0.564. The van der Waals surface area contributed by atoms with E-state index in [1.807, 2.05) is 31.2 Å². The number of rotatable bonds is 6. The van der Waals surface area contributed by atoms with Crippen LogP contribution in [-0.2, 0) is 6.54 Å². The zero-order valence-electron chi connectivity index (χ0n) is 12.8. The van der Waals surface area contributed by atoms with Crippen LogP contribution in [0.3, 0.4) is 0 Å². The van der Waals surface area contributed by atoms with Crippen molar-refractivity contribution in [3.05, 3.63) is 65.2 Å². The van der Waals surface area contributed by atoms with Crippen LogP contribution in [0.2, 0.25) is 0 Å². The van der Waals surface area contributed by atoms with E-state index in [9.17, 15) is 5.11 Å². The topological polar surface area (TPSA) is 41.5 Å². The van der Waals surface area contributed by atoms with E-state index in [0.29, 0.717) is 0 Å². The molecule has 2 atom stereocenters. The summed E-state index contributed by atoms with van der Waals surface area (Å²) in [6.45, 7) is 4.80. The van der Waals surface area contributed by atoms with E-state index in [1.165, 1.54) is 11.1 Å². The molecule has 112 valence electrons. The fourth-order valence-corrected chi connectivity index (χ4v) is 2.21. The summed E-state index contributed by atoms with van der Waals surface area (Å²) in [7, 11) is 1.63. The molecule has 2 aromatic rings. The Labute approximate surface area is 126 Å². The highest BCUT2D eigenvalue weighted by Gasteiger charge is 2.16. The molecule has 2 unspecified atom stereocenters. The van der Waals surface area contributed by atoms with Crippen molar-refractivity contribution in [3.8, 4) is 5.75 Å². The Morgan fingerprint density at radius 3 is 2.52 bits per heavy atom. The minimum absolute atomic E-state index is 0.0431. The van der Waals surface area contributed by atoms with E-state index >= 15 is 0 Å². The lowest BCUT2D eigenvalue weighted by molar-refractivity contribution is 0.135. The van der Waals surface area contributed by atoms with Gasteiger partial charge in [0.25, 0.3) is 0 Å². The summed E-state index contributed by atoms with van der Waals surface area (Å²) in [6, 6.07) is 15.9. The Hall–Kier alpha value is -1.84. The Balaban J connectivity index is 1.95. The van der Waals surface area contributed by atoms with Crippen molar-refractivity contribution in [2.45, 2.75) is 32.5 Å². The predicted octanol–water partition coefficient (Wildman–Crippen LogP) is 3.22. The third kappa shape index (κ3) is 4.31. The van der Waals surface area contributed by atoms with Gasteiger partial charge in [-0.25, -0.2) is 0 Å². The molecule has 0 fully saturated rings. The van der Waals surface area contributed by atoms with Crippen molar-refractivity contribution in [1.82, 2.24) is 5.32 Å². The fourth-order valence-electron chi connectivity index (χ4n) is 2.21. The Morgan fingerprint density at radius 2 is 1.86 bits per heavy atom. The maximum atomic E-state index is 10.4. The lowest BCUT2D eigenvalue weighted by atomic mass is 10.0. The first-order chi connectivity index (χ1) is 10.1. The highest BCUT2D eigenvalue weighted by molar-refractivity contribution is 5.30. The van der Waals surface area contributed by atoms with Gasteiger partial charge >= 0.3 is 0 Å². The second-order valence-corrected chi connectivity index (χ2v) is 5.38. The van der Waals surface area contributed by atoms with Gasteiger partial charge in [0.05, 0.1) is 13.2 Å². The molecule has 0 spiro atoms. The Morgan fingerprint density at radius 1 is 1.14 bits per heavy atom. The molecule has 0 aliphatic heterocycles. The zero-order valence-corrected chi connectivity index (χ0v) is 12.8. The fraction of sp³-hybridized carbons (Fsp3) is 0.333. The second-order valence-electron chi connectivity index (χ2n) is 5.38. The predicted molar refractivity (Wildman–Crippen MR) is 85.4 cm³/mol. The number of ether oxygens (including phenoxy) is 1. The lowest BCUT2D eigenvalue weighted by Gasteiger charge is -2.21. The van der Waals surface area contributed by atoms with Gasteiger partial charge in [-0.1, -0.05) is 42.0 Å². The number of benzene rings is 2. The molecule has 0 bridgehead atoms. The Kier molecular flexibility index (Phi) is 5.37. The van der Waals surface area contributed by atoms with Gasteiger partial charge in [-0.3, -0.25) is 0 Å². The van der Waals surface area contributed by atoms with Crippen LogP contribution in [0.25, 0.3) is 0 Å². The first-order valence-electron chi connectivity index (χ1n) is 7.21. The van der Waals surface area contributed by atoms with Crippen LogP contribution in [0.15, 0.2) is 48.5 Å². The van der Waals surface area contributed by atoms with E-state index < -0.39 is 6.10 Å². The van der Waals surface area contributed by atoms with Gasteiger partial charge in [0, 0.05) is 12.6 Å². The summed E-state index contributed by atoms with van der Waals surface area (Å²) in [5, 5.41) is 13.8. The van der Waals surface area contributed by atoms with Gasteiger partial charge in [0.1, 0.15) is 5.75 Å². The average molecular weight is 285 g/mol. The van der Waals surface area contributed by atoms with Crippen LogP contribution in [0.1, 0.15) is 29.7 Å². The first-order valence-corrected chi connectivity index (χ1v) is 7.21. The van der Waals surface area contributed by atoms with E-state index in [-0.39, 0.29) is 6.04 Å². The summed E-state index contributed by atoms with van der Waals surface area (Å²) >= 11 is 0. The van der Waals surface area contributed by atoms with Crippen molar-refractivity contribution >= 4 is 0 Å². The first kappa shape index (κ1) is 15.5. The molecular weight excluding hydrogens is 262 g/mol. The van der Waals surface area contributed by atoms with Gasteiger partial charge < -0.3 is 15.2 Å². The standard InChI is InChI=1S/C18H23NO2/c1-13-7-9-15(10-8-13)12-19-14(2)18(20)16-5-4-6-17(11-16)21-3/h4-11,14,18-20H,12H2,1-3H3. The maximum absolute atomic E-state index is 10.4. The van der Waals surface area contributed by atoms with E-state index in [0.717, 1.165) is 17.9 Å². The molecule has 3 nitrogen and oxygen atoms in total. The molecule has 0 saturated carbocycles. The number of aliphatic hydroxyl groups excluding tert-OH is 1. The molecule has 2 N–H and O–H groups in total. The van der Waals surface area contributed by atoms with Crippen molar-refractivity contribution in [2.75, 3.05) is 7.11 Å². The minimum Gasteiger partial charge on any atom is -0.497 e. The summed E-state index contributed by atoms with van der Waals surface area (Å²) in [4.78, 5) is 0. The molecule has 0 amide bonds. The highest BCUT2D eigenvalue weighted by atomic mass is 16.5. The molecule has 0 radical (unpaired) electrons. The molecule has 21 heavy (non-hydrogen) atoms. The highest BCUT2D eigenvalue weighted by Crippen LogP contribution is 2.21. The molecule has 0 aromatic heterocycles. The van der Waals surface area contributed by atoms with Crippen molar-refractivity contribution in [2.24, 2.45) is 0 Å². The Bertz CT molecular complexity index is 566. The van der Waals surface area contributed by atoms with Crippen LogP contribution in [0.4, 0.5) is 0 Å². The molecular formula is C18H23NO2. The summed E-state index contributed by atoms with van der Waals surface area (Å²) in [5.41, 5.74) is 3.33. The molecule has 0 aliphatic carbocycles. The van der Waals surface area contributed by atoms with Gasteiger partial charge in [-0.2, -0.15) is 0 Å². The third-order valence-electron chi connectivity index (χ3n) is 3.66. The normalized spacial score (nSPS) is 13.7. The quantitative estimate of drug-likeness (QED) is 0.856. The molecule has 0 aliphatic rings. The third-order valence-corrected chi connectivity index (χ3v) is 3.66. The van der Waals surface area contributed by atoms with Crippen molar-refractivity contribution < 1.29 is 9.84 Å². The molecule has 0 heterocycles.